The third kappa shape index (κ3) is 5.89. The Kier molecular flexibility index (Phi) is 8.05. The van der Waals surface area contributed by atoms with E-state index >= 15 is 0 Å². The number of aromatic hydroxyl groups is 1. The van der Waals surface area contributed by atoms with E-state index in [1.807, 2.05) is 46.8 Å². The van der Waals surface area contributed by atoms with Crippen LogP contribution in [0.25, 0.3) is 0 Å². The van der Waals surface area contributed by atoms with E-state index in [0.717, 1.165) is 37.5 Å². The van der Waals surface area contributed by atoms with Crippen LogP contribution in [0.1, 0.15) is 98.5 Å². The second-order valence-electron chi connectivity index (χ2n) is 13.7. The molecule has 36 heavy (non-hydrogen) atoms. The van der Waals surface area contributed by atoms with Crippen LogP contribution in [-0.2, 0) is 6.42 Å². The Labute approximate surface area is 219 Å². The summed E-state index contributed by atoms with van der Waals surface area (Å²) in [4.78, 5) is 2.69. The summed E-state index contributed by atoms with van der Waals surface area (Å²) < 4.78 is 6.35. The molecule has 2 aliphatic carbocycles. The van der Waals surface area contributed by atoms with Crippen LogP contribution in [0.2, 0.25) is 0 Å². The number of piperidine rings is 1. The Morgan fingerprint density at radius 2 is 1.83 bits per heavy atom. The average Bonchev–Trinajstić information content (AvgIpc) is 3.61. The third-order valence-electron chi connectivity index (χ3n) is 9.91. The molecule has 5 nitrogen and oxygen atoms in total. The molecule has 4 rings (SSSR count). The molecule has 1 aliphatic heterocycles. The Morgan fingerprint density at radius 3 is 2.50 bits per heavy atom. The van der Waals surface area contributed by atoms with Crippen molar-refractivity contribution < 1.29 is 20.1 Å². The first-order valence-corrected chi connectivity index (χ1v) is 14.5. The molecule has 1 aromatic carbocycles. The molecule has 2 saturated carbocycles. The molecule has 1 aromatic rings. The maximum Gasteiger partial charge on any atom is 0.161 e. The van der Waals surface area contributed by atoms with E-state index in [4.69, 9.17) is 4.74 Å². The Balaban J connectivity index is 1.51. The highest BCUT2D eigenvalue weighted by molar-refractivity contribution is 5.42. The van der Waals surface area contributed by atoms with Crippen LogP contribution in [0.4, 0.5) is 0 Å². The van der Waals surface area contributed by atoms with E-state index < -0.39 is 17.3 Å². The number of rotatable bonds is 8. The third-order valence-corrected chi connectivity index (χ3v) is 9.91. The number of nitrogens with zero attached hydrogens (tertiary/aromatic N) is 1. The van der Waals surface area contributed by atoms with Crippen molar-refractivity contribution >= 4 is 0 Å². The van der Waals surface area contributed by atoms with Gasteiger partial charge in [0.25, 0.3) is 0 Å². The zero-order valence-electron chi connectivity index (χ0n) is 23.6. The topological polar surface area (TPSA) is 73.2 Å². The molecule has 5 heteroatoms. The first-order chi connectivity index (χ1) is 16.8. The molecular weight excluding hydrogens is 450 g/mol. The summed E-state index contributed by atoms with van der Waals surface area (Å²) in [5.41, 5.74) is -1.43. The monoisotopic (exact) mass is 501 g/mol. The highest BCUT2D eigenvalue weighted by Gasteiger charge is 2.56. The van der Waals surface area contributed by atoms with E-state index in [-0.39, 0.29) is 17.1 Å². The maximum absolute atomic E-state index is 12.0. The van der Waals surface area contributed by atoms with Crippen molar-refractivity contribution in [2.45, 2.75) is 123 Å². The minimum Gasteiger partial charge on any atom is -0.504 e. The summed E-state index contributed by atoms with van der Waals surface area (Å²) in [5.74, 6) is 1.86. The fraction of sp³-hybridized carbons (Fsp3) is 0.806. The van der Waals surface area contributed by atoms with E-state index in [1.54, 1.807) is 6.07 Å². The maximum atomic E-state index is 12.0. The molecule has 1 heterocycles. The van der Waals surface area contributed by atoms with Gasteiger partial charge in [0.1, 0.15) is 11.7 Å². The molecule has 3 aliphatic rings. The van der Waals surface area contributed by atoms with Crippen LogP contribution in [0.3, 0.4) is 0 Å². The van der Waals surface area contributed by atoms with Crippen LogP contribution in [0, 0.1) is 23.2 Å². The van der Waals surface area contributed by atoms with E-state index in [1.165, 1.54) is 44.3 Å². The Hall–Kier alpha value is -1.30. The molecule has 3 fully saturated rings. The summed E-state index contributed by atoms with van der Waals surface area (Å²) in [7, 11) is 0. The molecule has 6 atom stereocenters. The lowest BCUT2D eigenvalue weighted by atomic mass is 9.59. The van der Waals surface area contributed by atoms with Gasteiger partial charge in [-0.2, -0.15) is 0 Å². The Bertz CT molecular complexity index is 889. The van der Waals surface area contributed by atoms with Crippen LogP contribution in [0.15, 0.2) is 18.2 Å². The predicted molar refractivity (Wildman–Crippen MR) is 145 cm³/mol. The normalized spacial score (nSPS) is 32.6. The van der Waals surface area contributed by atoms with Gasteiger partial charge in [0.2, 0.25) is 0 Å². The van der Waals surface area contributed by atoms with Crippen LogP contribution < -0.4 is 4.74 Å². The molecule has 0 spiro atoms. The van der Waals surface area contributed by atoms with Gasteiger partial charge in [0, 0.05) is 18.5 Å². The number of benzene rings is 1. The van der Waals surface area contributed by atoms with Gasteiger partial charge in [-0.1, -0.05) is 46.6 Å². The summed E-state index contributed by atoms with van der Waals surface area (Å²) >= 11 is 0. The molecule has 0 unspecified atom stereocenters. The van der Waals surface area contributed by atoms with Crippen molar-refractivity contribution in [3.63, 3.8) is 0 Å². The summed E-state index contributed by atoms with van der Waals surface area (Å²) in [6, 6.07) is 6.26. The number of hydrogen-bond donors (Lipinski definition) is 3. The molecule has 0 radical (unpaired) electrons. The number of hydrogen-bond acceptors (Lipinski definition) is 5. The summed E-state index contributed by atoms with van der Waals surface area (Å²) in [5, 5.41) is 34.2. The lowest BCUT2D eigenvalue weighted by Gasteiger charge is -2.53. The second-order valence-corrected chi connectivity index (χ2v) is 13.7. The SMILES string of the molecule is C[C@@H]1CCN(CC2CC2)[C@H](Cc2ccc(O)c(O[C@H](C)[C@@]3(O)CCCC[C@@H]3[C@](C)(O)C(C)(C)C)c2)C1. The van der Waals surface area contributed by atoms with Gasteiger partial charge in [0.05, 0.1) is 5.60 Å². The van der Waals surface area contributed by atoms with Crippen molar-refractivity contribution in [2.24, 2.45) is 23.2 Å². The number of ether oxygens (including phenoxy) is 1. The average molecular weight is 502 g/mol. The van der Waals surface area contributed by atoms with Gasteiger partial charge in [0.15, 0.2) is 11.5 Å². The van der Waals surface area contributed by atoms with Crippen molar-refractivity contribution in [3.8, 4) is 11.5 Å². The van der Waals surface area contributed by atoms with Crippen molar-refractivity contribution in [2.75, 3.05) is 13.1 Å². The molecule has 0 aromatic heterocycles. The highest BCUT2D eigenvalue weighted by Crippen LogP contribution is 2.49. The van der Waals surface area contributed by atoms with Crippen LogP contribution in [0.5, 0.6) is 11.5 Å². The summed E-state index contributed by atoms with van der Waals surface area (Å²) in [6.07, 6.45) is 8.88. The first kappa shape index (κ1) is 27.7. The van der Waals surface area contributed by atoms with Gasteiger partial charge < -0.3 is 20.1 Å². The Morgan fingerprint density at radius 1 is 1.11 bits per heavy atom. The van der Waals surface area contributed by atoms with Gasteiger partial charge in [-0.25, -0.2) is 0 Å². The number of phenols is 1. The zero-order chi connectivity index (χ0) is 26.3. The molecule has 1 saturated heterocycles. The van der Waals surface area contributed by atoms with Crippen LogP contribution >= 0.6 is 0 Å². The van der Waals surface area contributed by atoms with Crippen LogP contribution in [-0.4, -0.2) is 56.7 Å². The van der Waals surface area contributed by atoms with Crippen molar-refractivity contribution in [3.05, 3.63) is 23.8 Å². The predicted octanol–water partition coefficient (Wildman–Crippen LogP) is 5.93. The minimum atomic E-state index is -1.17. The van der Waals surface area contributed by atoms with Crippen molar-refractivity contribution in [1.82, 2.24) is 4.90 Å². The lowest BCUT2D eigenvalue weighted by Crippen LogP contribution is -2.62. The number of likely N-dealkylation sites (tertiary alicyclic amines) is 1. The first-order valence-electron chi connectivity index (χ1n) is 14.5. The van der Waals surface area contributed by atoms with E-state index in [9.17, 15) is 15.3 Å². The molecule has 3 N–H and O–H groups in total. The standard InChI is InChI=1S/C31H51NO4/c1-21-14-16-32(20-23-10-11-23)25(17-21)18-24-12-13-26(33)27(19-24)36-22(2)31(35)15-8-7-9-28(31)30(6,34)29(3,4)5/h12-13,19,21-23,25,28,33-35H,7-11,14-18,20H2,1-6H3/t21-,22-,25+,28-,30+,31+/m1/s1. The lowest BCUT2D eigenvalue weighted by molar-refractivity contribution is -0.205. The second kappa shape index (κ2) is 10.5. The molecule has 0 amide bonds. The van der Waals surface area contributed by atoms with Crippen molar-refractivity contribution in [1.29, 1.82) is 0 Å². The number of aliphatic hydroxyl groups is 2. The van der Waals surface area contributed by atoms with E-state index in [2.05, 4.69) is 11.8 Å². The smallest absolute Gasteiger partial charge is 0.161 e. The van der Waals surface area contributed by atoms with Gasteiger partial charge in [-0.05, 0) is 100 Å². The fourth-order valence-electron chi connectivity index (χ4n) is 6.69. The molecule has 204 valence electrons. The molecular formula is C31H51NO4. The zero-order valence-corrected chi connectivity index (χ0v) is 23.6. The number of phenolic OH excluding ortho intramolecular Hbond substituents is 1. The quantitative estimate of drug-likeness (QED) is 0.412. The van der Waals surface area contributed by atoms with E-state index in [0.29, 0.717) is 18.2 Å². The largest absolute Gasteiger partial charge is 0.504 e. The minimum absolute atomic E-state index is 0.107. The fourth-order valence-corrected chi connectivity index (χ4v) is 6.69. The van der Waals surface area contributed by atoms with Gasteiger partial charge in [-0.3, -0.25) is 4.90 Å². The highest BCUT2D eigenvalue weighted by atomic mass is 16.5. The molecule has 0 bridgehead atoms. The summed E-state index contributed by atoms with van der Waals surface area (Å²) in [6.45, 7) is 14.6. The van der Waals surface area contributed by atoms with Gasteiger partial charge >= 0.3 is 0 Å². The van der Waals surface area contributed by atoms with Gasteiger partial charge in [-0.15, -0.1) is 0 Å².